The van der Waals surface area contributed by atoms with Crippen molar-refractivity contribution in [3.05, 3.63) is 22.2 Å². The fourth-order valence-corrected chi connectivity index (χ4v) is 2.60. The van der Waals surface area contributed by atoms with Crippen molar-refractivity contribution in [2.24, 2.45) is 5.92 Å². The third-order valence-corrected chi connectivity index (χ3v) is 3.85. The number of halogens is 1. The first kappa shape index (κ1) is 20.8. The Morgan fingerprint density at radius 2 is 1.96 bits per heavy atom. The SMILES string of the molecule is COc1ccc(Br)c(CNCC(C)C)c1OCC(=O)NC(C)(C)C. The molecule has 0 atom stereocenters. The Labute approximate surface area is 153 Å². The van der Waals surface area contributed by atoms with Gasteiger partial charge in [-0.3, -0.25) is 4.79 Å². The Hall–Kier alpha value is -1.27. The first-order valence-corrected chi connectivity index (χ1v) is 8.93. The average Bonchev–Trinajstić information content (AvgIpc) is 2.45. The summed E-state index contributed by atoms with van der Waals surface area (Å²) in [5, 5.41) is 6.28. The van der Waals surface area contributed by atoms with E-state index < -0.39 is 0 Å². The van der Waals surface area contributed by atoms with Gasteiger partial charge in [0.25, 0.3) is 5.91 Å². The Morgan fingerprint density at radius 1 is 1.29 bits per heavy atom. The summed E-state index contributed by atoms with van der Waals surface area (Å²) in [7, 11) is 1.59. The Balaban J connectivity index is 2.89. The molecule has 0 aliphatic rings. The van der Waals surface area contributed by atoms with E-state index in [4.69, 9.17) is 9.47 Å². The number of hydrogen-bond acceptors (Lipinski definition) is 4. The Bertz CT molecular complexity index is 554. The van der Waals surface area contributed by atoms with Gasteiger partial charge < -0.3 is 20.1 Å². The molecule has 0 unspecified atom stereocenters. The van der Waals surface area contributed by atoms with Crippen molar-refractivity contribution >= 4 is 21.8 Å². The summed E-state index contributed by atoms with van der Waals surface area (Å²) in [5.74, 6) is 1.59. The summed E-state index contributed by atoms with van der Waals surface area (Å²) in [6, 6.07) is 3.75. The zero-order valence-corrected chi connectivity index (χ0v) is 17.0. The van der Waals surface area contributed by atoms with E-state index in [1.807, 2.05) is 32.9 Å². The number of hydrogen-bond donors (Lipinski definition) is 2. The highest BCUT2D eigenvalue weighted by molar-refractivity contribution is 9.10. The molecule has 2 N–H and O–H groups in total. The molecule has 0 saturated heterocycles. The smallest absolute Gasteiger partial charge is 0.258 e. The number of rotatable bonds is 8. The molecule has 1 amide bonds. The van der Waals surface area contributed by atoms with Crippen molar-refractivity contribution in [1.29, 1.82) is 0 Å². The van der Waals surface area contributed by atoms with E-state index in [9.17, 15) is 4.79 Å². The standard InChI is InChI=1S/C18H29BrN2O3/c1-12(2)9-20-10-13-14(19)7-8-15(23-6)17(13)24-11-16(22)21-18(3,4)5/h7-8,12,20H,9-11H2,1-6H3,(H,21,22). The Morgan fingerprint density at radius 3 is 2.50 bits per heavy atom. The zero-order chi connectivity index (χ0) is 18.3. The van der Waals surface area contributed by atoms with Crippen LogP contribution in [-0.4, -0.2) is 31.7 Å². The van der Waals surface area contributed by atoms with Crippen molar-refractivity contribution < 1.29 is 14.3 Å². The van der Waals surface area contributed by atoms with Crippen LogP contribution in [0, 0.1) is 5.92 Å². The largest absolute Gasteiger partial charge is 0.493 e. The number of carbonyl (C=O) groups excluding carboxylic acids is 1. The quantitative estimate of drug-likeness (QED) is 0.700. The molecular formula is C18H29BrN2O3. The highest BCUT2D eigenvalue weighted by Gasteiger charge is 2.18. The molecule has 0 fully saturated rings. The van der Waals surface area contributed by atoms with Gasteiger partial charge in [0.15, 0.2) is 18.1 Å². The van der Waals surface area contributed by atoms with Gasteiger partial charge in [-0.05, 0) is 45.4 Å². The summed E-state index contributed by atoms with van der Waals surface area (Å²) in [5.41, 5.74) is 0.655. The van der Waals surface area contributed by atoms with Crippen molar-refractivity contribution in [2.45, 2.75) is 46.7 Å². The lowest BCUT2D eigenvalue weighted by atomic mass is 10.1. The fourth-order valence-electron chi connectivity index (χ4n) is 2.14. The summed E-state index contributed by atoms with van der Waals surface area (Å²) < 4.78 is 12.1. The second-order valence-corrected chi connectivity index (χ2v) is 8.02. The molecule has 0 heterocycles. The molecule has 5 nitrogen and oxygen atoms in total. The lowest BCUT2D eigenvalue weighted by Gasteiger charge is -2.22. The molecule has 0 aliphatic carbocycles. The number of amides is 1. The van der Waals surface area contributed by atoms with Crippen LogP contribution >= 0.6 is 15.9 Å². The van der Waals surface area contributed by atoms with Crippen molar-refractivity contribution in [3.8, 4) is 11.5 Å². The molecule has 24 heavy (non-hydrogen) atoms. The van der Waals surface area contributed by atoms with Crippen LogP contribution in [-0.2, 0) is 11.3 Å². The summed E-state index contributed by atoms with van der Waals surface area (Å²) in [4.78, 5) is 12.0. The van der Waals surface area contributed by atoms with Gasteiger partial charge in [-0.15, -0.1) is 0 Å². The molecule has 0 spiro atoms. The number of methoxy groups -OCH3 is 1. The van der Waals surface area contributed by atoms with Gasteiger partial charge >= 0.3 is 0 Å². The predicted molar refractivity (Wildman–Crippen MR) is 101 cm³/mol. The lowest BCUT2D eigenvalue weighted by molar-refractivity contribution is -0.124. The molecule has 0 aliphatic heterocycles. The molecule has 0 radical (unpaired) electrons. The highest BCUT2D eigenvalue weighted by atomic mass is 79.9. The monoisotopic (exact) mass is 400 g/mol. The van der Waals surface area contributed by atoms with Crippen LogP contribution in [0.2, 0.25) is 0 Å². The molecule has 1 rings (SSSR count). The number of benzene rings is 1. The maximum absolute atomic E-state index is 12.0. The number of carbonyl (C=O) groups is 1. The Kier molecular flexibility index (Phi) is 8.03. The second-order valence-electron chi connectivity index (χ2n) is 7.17. The van der Waals surface area contributed by atoms with Crippen molar-refractivity contribution in [2.75, 3.05) is 20.3 Å². The second kappa shape index (κ2) is 9.28. The third-order valence-electron chi connectivity index (χ3n) is 3.10. The zero-order valence-electron chi connectivity index (χ0n) is 15.5. The third kappa shape index (κ3) is 7.09. The van der Waals surface area contributed by atoms with E-state index >= 15 is 0 Å². The van der Waals surface area contributed by atoms with Gasteiger partial charge in [0.2, 0.25) is 0 Å². The molecule has 6 heteroatoms. The van der Waals surface area contributed by atoms with Gasteiger partial charge in [0.05, 0.1) is 7.11 Å². The molecule has 1 aromatic carbocycles. The highest BCUT2D eigenvalue weighted by Crippen LogP contribution is 2.36. The predicted octanol–water partition coefficient (Wildman–Crippen LogP) is 3.50. The van der Waals surface area contributed by atoms with E-state index in [0.717, 1.165) is 16.6 Å². The van der Waals surface area contributed by atoms with Gasteiger partial charge in [0.1, 0.15) is 0 Å². The molecular weight excluding hydrogens is 372 g/mol. The normalized spacial score (nSPS) is 11.5. The van der Waals surface area contributed by atoms with E-state index in [1.165, 1.54) is 0 Å². The van der Waals surface area contributed by atoms with E-state index in [2.05, 4.69) is 40.4 Å². The maximum atomic E-state index is 12.0. The summed E-state index contributed by atoms with van der Waals surface area (Å²) in [6.07, 6.45) is 0. The average molecular weight is 401 g/mol. The topological polar surface area (TPSA) is 59.6 Å². The van der Waals surface area contributed by atoms with E-state index in [-0.39, 0.29) is 18.1 Å². The molecule has 0 saturated carbocycles. The van der Waals surface area contributed by atoms with Crippen molar-refractivity contribution in [3.63, 3.8) is 0 Å². The molecule has 1 aromatic rings. The van der Waals surface area contributed by atoms with Crippen LogP contribution in [0.15, 0.2) is 16.6 Å². The van der Waals surface area contributed by atoms with Crippen LogP contribution in [0.3, 0.4) is 0 Å². The van der Waals surface area contributed by atoms with Crippen LogP contribution < -0.4 is 20.1 Å². The van der Waals surface area contributed by atoms with Crippen molar-refractivity contribution in [1.82, 2.24) is 10.6 Å². The first-order valence-electron chi connectivity index (χ1n) is 8.14. The summed E-state index contributed by atoms with van der Waals surface area (Å²) in [6.45, 7) is 11.6. The van der Waals surface area contributed by atoms with E-state index in [0.29, 0.717) is 24.0 Å². The van der Waals surface area contributed by atoms with Crippen LogP contribution in [0.25, 0.3) is 0 Å². The first-order chi connectivity index (χ1) is 11.1. The van der Waals surface area contributed by atoms with Crippen LogP contribution in [0.5, 0.6) is 11.5 Å². The summed E-state index contributed by atoms with van der Waals surface area (Å²) >= 11 is 3.56. The molecule has 0 aromatic heterocycles. The number of ether oxygens (including phenoxy) is 2. The minimum atomic E-state index is -0.288. The maximum Gasteiger partial charge on any atom is 0.258 e. The van der Waals surface area contributed by atoms with Gasteiger partial charge in [0, 0.05) is 22.1 Å². The minimum absolute atomic E-state index is 0.0543. The molecule has 0 bridgehead atoms. The lowest BCUT2D eigenvalue weighted by Crippen LogP contribution is -2.43. The van der Waals surface area contributed by atoms with Gasteiger partial charge in [-0.25, -0.2) is 0 Å². The van der Waals surface area contributed by atoms with Crippen LogP contribution in [0.1, 0.15) is 40.2 Å². The van der Waals surface area contributed by atoms with Gasteiger partial charge in [-0.1, -0.05) is 29.8 Å². The number of nitrogens with one attached hydrogen (secondary N) is 2. The minimum Gasteiger partial charge on any atom is -0.493 e. The fraction of sp³-hybridized carbons (Fsp3) is 0.611. The van der Waals surface area contributed by atoms with Gasteiger partial charge in [-0.2, -0.15) is 0 Å². The van der Waals surface area contributed by atoms with Crippen LogP contribution in [0.4, 0.5) is 0 Å². The molecule has 136 valence electrons. The van der Waals surface area contributed by atoms with E-state index in [1.54, 1.807) is 7.11 Å².